The fourth-order valence-corrected chi connectivity index (χ4v) is 3.34. The summed E-state index contributed by atoms with van der Waals surface area (Å²) in [7, 11) is 0. The molecule has 1 amide bonds. The summed E-state index contributed by atoms with van der Waals surface area (Å²) in [6.07, 6.45) is 0. The maximum absolute atomic E-state index is 12.8. The highest BCUT2D eigenvalue weighted by Gasteiger charge is 2.14. The molecule has 0 aliphatic heterocycles. The molecule has 0 aliphatic carbocycles. The number of hydrogen-bond donors (Lipinski definition) is 2. The van der Waals surface area contributed by atoms with Crippen molar-refractivity contribution in [2.45, 2.75) is 13.5 Å². The Morgan fingerprint density at radius 2 is 1.61 bits per heavy atom. The molecule has 0 saturated heterocycles. The number of amides is 1. The highest BCUT2D eigenvalue weighted by atomic mass is 16.5. The van der Waals surface area contributed by atoms with E-state index in [0.29, 0.717) is 35.4 Å². The summed E-state index contributed by atoms with van der Waals surface area (Å²) in [5.74, 6) is 1.01. The number of carbonyl (C=O) groups excluding carboxylic acids is 1. The normalized spacial score (nSPS) is 10.6. The number of fused-ring (bicyclic) bond motifs is 1. The Bertz CT molecular complexity index is 1300. The Hall–Kier alpha value is -4.33. The molecule has 33 heavy (non-hydrogen) atoms. The van der Waals surface area contributed by atoms with Crippen molar-refractivity contribution >= 4 is 22.8 Å². The molecule has 0 unspecified atom stereocenters. The fraction of sp³-hybridized carbons (Fsp3) is 0.160. The molecule has 0 fully saturated rings. The number of aromatic nitrogens is 2. The second kappa shape index (κ2) is 10.3. The number of anilines is 1. The second-order valence-corrected chi connectivity index (χ2v) is 7.09. The van der Waals surface area contributed by atoms with Crippen molar-refractivity contribution in [1.29, 1.82) is 0 Å². The van der Waals surface area contributed by atoms with E-state index in [1.54, 1.807) is 42.5 Å². The van der Waals surface area contributed by atoms with E-state index in [2.05, 4.69) is 15.8 Å². The van der Waals surface area contributed by atoms with Crippen molar-refractivity contribution in [3.8, 4) is 11.5 Å². The van der Waals surface area contributed by atoms with Gasteiger partial charge in [0.1, 0.15) is 24.7 Å². The number of carbonyl (C=O) groups is 1. The zero-order valence-corrected chi connectivity index (χ0v) is 18.2. The van der Waals surface area contributed by atoms with E-state index >= 15 is 0 Å². The zero-order valence-electron chi connectivity index (χ0n) is 18.2. The van der Waals surface area contributed by atoms with E-state index < -0.39 is 5.91 Å². The molecular formula is C25H24N4O4. The molecule has 4 aromatic rings. The van der Waals surface area contributed by atoms with Crippen LogP contribution >= 0.6 is 0 Å². The minimum absolute atomic E-state index is 0.179. The van der Waals surface area contributed by atoms with Gasteiger partial charge in [-0.2, -0.15) is 0 Å². The topological polar surface area (TPSA) is 94.5 Å². The van der Waals surface area contributed by atoms with Crippen LogP contribution in [-0.4, -0.2) is 28.7 Å². The van der Waals surface area contributed by atoms with Crippen molar-refractivity contribution in [3.05, 3.63) is 94.8 Å². The van der Waals surface area contributed by atoms with E-state index in [-0.39, 0.29) is 18.1 Å². The van der Waals surface area contributed by atoms with Gasteiger partial charge in [-0.25, -0.2) is 4.98 Å². The first kappa shape index (κ1) is 21.9. The number of ether oxygens (including phenoxy) is 2. The minimum atomic E-state index is -0.417. The molecule has 0 aliphatic rings. The number of hydrazine groups is 1. The van der Waals surface area contributed by atoms with Crippen LogP contribution in [0.3, 0.4) is 0 Å². The quantitative estimate of drug-likeness (QED) is 0.302. The third-order valence-corrected chi connectivity index (χ3v) is 4.95. The van der Waals surface area contributed by atoms with E-state index in [1.807, 2.05) is 43.3 Å². The SMILES string of the molecule is CCn1c(NNC(=O)c2ccccc2OCCOc2ccccc2)nc2ccccc2c1=O. The lowest BCUT2D eigenvalue weighted by molar-refractivity contribution is 0.0957. The monoisotopic (exact) mass is 444 g/mol. The Balaban J connectivity index is 1.42. The largest absolute Gasteiger partial charge is 0.490 e. The molecule has 0 bridgehead atoms. The number of nitrogens with one attached hydrogen (secondary N) is 2. The summed E-state index contributed by atoms with van der Waals surface area (Å²) in [6.45, 7) is 2.84. The summed E-state index contributed by atoms with van der Waals surface area (Å²) >= 11 is 0. The van der Waals surface area contributed by atoms with Gasteiger partial charge in [-0.15, -0.1) is 0 Å². The average Bonchev–Trinajstić information content (AvgIpc) is 2.86. The van der Waals surface area contributed by atoms with Gasteiger partial charge in [0.25, 0.3) is 11.5 Å². The van der Waals surface area contributed by atoms with E-state index in [4.69, 9.17) is 9.47 Å². The maximum Gasteiger partial charge on any atom is 0.273 e. The summed E-state index contributed by atoms with van der Waals surface area (Å²) in [5.41, 5.74) is 6.11. The Morgan fingerprint density at radius 1 is 0.909 bits per heavy atom. The third-order valence-electron chi connectivity index (χ3n) is 4.95. The summed E-state index contributed by atoms with van der Waals surface area (Å²) < 4.78 is 12.9. The first-order valence-corrected chi connectivity index (χ1v) is 10.6. The van der Waals surface area contributed by atoms with Gasteiger partial charge in [0.2, 0.25) is 5.95 Å². The third kappa shape index (κ3) is 5.12. The smallest absolute Gasteiger partial charge is 0.273 e. The number of benzene rings is 3. The molecule has 0 atom stereocenters. The Morgan fingerprint density at radius 3 is 2.42 bits per heavy atom. The van der Waals surface area contributed by atoms with Crippen LogP contribution in [0.2, 0.25) is 0 Å². The van der Waals surface area contributed by atoms with Gasteiger partial charge in [-0.05, 0) is 43.3 Å². The van der Waals surface area contributed by atoms with Crippen LogP contribution in [0.4, 0.5) is 5.95 Å². The molecule has 1 heterocycles. The molecule has 4 rings (SSSR count). The number of rotatable bonds is 9. The first-order chi connectivity index (χ1) is 16.2. The molecule has 2 N–H and O–H groups in total. The van der Waals surface area contributed by atoms with Crippen LogP contribution in [0, 0.1) is 0 Å². The van der Waals surface area contributed by atoms with E-state index in [9.17, 15) is 9.59 Å². The van der Waals surface area contributed by atoms with Gasteiger partial charge >= 0.3 is 0 Å². The summed E-state index contributed by atoms with van der Waals surface area (Å²) in [5, 5.41) is 0.521. The van der Waals surface area contributed by atoms with Crippen LogP contribution in [0.5, 0.6) is 11.5 Å². The fourth-order valence-electron chi connectivity index (χ4n) is 3.34. The molecule has 8 nitrogen and oxygen atoms in total. The molecule has 0 spiro atoms. The highest BCUT2D eigenvalue weighted by Crippen LogP contribution is 2.18. The van der Waals surface area contributed by atoms with Crippen molar-refractivity contribution in [1.82, 2.24) is 15.0 Å². The average molecular weight is 444 g/mol. The number of nitrogens with zero attached hydrogens (tertiary/aromatic N) is 2. The maximum atomic E-state index is 12.8. The van der Waals surface area contributed by atoms with Crippen LogP contribution in [0.1, 0.15) is 17.3 Å². The van der Waals surface area contributed by atoms with Crippen molar-refractivity contribution in [3.63, 3.8) is 0 Å². The van der Waals surface area contributed by atoms with Crippen LogP contribution in [0.25, 0.3) is 10.9 Å². The van der Waals surface area contributed by atoms with Crippen LogP contribution in [0.15, 0.2) is 83.7 Å². The van der Waals surface area contributed by atoms with Gasteiger partial charge in [-0.3, -0.25) is 25.0 Å². The number of para-hydroxylation sites is 3. The van der Waals surface area contributed by atoms with Gasteiger partial charge in [-0.1, -0.05) is 42.5 Å². The Labute approximate surface area is 190 Å². The predicted molar refractivity (Wildman–Crippen MR) is 127 cm³/mol. The minimum Gasteiger partial charge on any atom is -0.490 e. The van der Waals surface area contributed by atoms with Gasteiger partial charge < -0.3 is 9.47 Å². The molecule has 3 aromatic carbocycles. The standard InChI is InChI=1S/C25H24N4O4/c1-2-29-24(31)19-12-6-8-14-21(19)26-25(29)28-27-23(30)20-13-7-9-15-22(20)33-17-16-32-18-10-4-3-5-11-18/h3-15H,2,16-17H2,1H3,(H,26,28)(H,27,30). The van der Waals surface area contributed by atoms with Gasteiger partial charge in [0.05, 0.1) is 16.5 Å². The van der Waals surface area contributed by atoms with Gasteiger partial charge in [0, 0.05) is 6.54 Å². The van der Waals surface area contributed by atoms with E-state index in [1.165, 1.54) is 4.57 Å². The van der Waals surface area contributed by atoms with Crippen LogP contribution in [-0.2, 0) is 6.54 Å². The molecule has 168 valence electrons. The van der Waals surface area contributed by atoms with Crippen molar-refractivity contribution in [2.75, 3.05) is 18.6 Å². The second-order valence-electron chi connectivity index (χ2n) is 7.09. The lowest BCUT2D eigenvalue weighted by Gasteiger charge is -2.15. The highest BCUT2D eigenvalue weighted by molar-refractivity contribution is 5.97. The molecular weight excluding hydrogens is 420 g/mol. The number of hydrogen-bond acceptors (Lipinski definition) is 6. The summed E-state index contributed by atoms with van der Waals surface area (Å²) in [6, 6.07) is 23.4. The molecule has 1 aromatic heterocycles. The van der Waals surface area contributed by atoms with Gasteiger partial charge in [0.15, 0.2) is 0 Å². The first-order valence-electron chi connectivity index (χ1n) is 10.6. The zero-order chi connectivity index (χ0) is 23.0. The van der Waals surface area contributed by atoms with E-state index in [0.717, 1.165) is 5.75 Å². The Kier molecular flexibility index (Phi) is 6.84. The molecule has 0 saturated carbocycles. The van der Waals surface area contributed by atoms with Crippen molar-refractivity contribution in [2.24, 2.45) is 0 Å². The molecule has 0 radical (unpaired) electrons. The lowest BCUT2D eigenvalue weighted by Crippen LogP contribution is -2.34. The van der Waals surface area contributed by atoms with Crippen molar-refractivity contribution < 1.29 is 14.3 Å². The lowest BCUT2D eigenvalue weighted by atomic mass is 10.2. The summed E-state index contributed by atoms with van der Waals surface area (Å²) in [4.78, 5) is 30.1. The molecule has 8 heteroatoms. The predicted octanol–water partition coefficient (Wildman–Crippen LogP) is 3.63. The van der Waals surface area contributed by atoms with Crippen LogP contribution < -0.4 is 25.9 Å².